The Kier molecular flexibility index (Phi) is 4.45. The van der Waals surface area contributed by atoms with E-state index in [9.17, 15) is 13.2 Å². The molecule has 1 unspecified atom stereocenters. The van der Waals surface area contributed by atoms with Crippen molar-refractivity contribution in [3.63, 3.8) is 0 Å². The Morgan fingerprint density at radius 3 is 2.55 bits per heavy atom. The Hall–Kier alpha value is -1.40. The quantitative estimate of drug-likeness (QED) is 0.910. The molecule has 0 radical (unpaired) electrons. The molecule has 0 saturated carbocycles. The lowest BCUT2D eigenvalue weighted by atomic mass is 10.2. The Balaban J connectivity index is 2.09. The van der Waals surface area contributed by atoms with E-state index in [1.807, 2.05) is 13.0 Å². The van der Waals surface area contributed by atoms with Crippen LogP contribution in [0.25, 0.3) is 0 Å². The fourth-order valence-electron chi connectivity index (χ4n) is 2.35. The van der Waals surface area contributed by atoms with Gasteiger partial charge in [-0.2, -0.15) is 4.72 Å². The number of benzene rings is 1. The minimum atomic E-state index is -3.65. The van der Waals surface area contributed by atoms with Crippen molar-refractivity contribution >= 4 is 15.9 Å². The predicted molar refractivity (Wildman–Crippen MR) is 76.8 cm³/mol. The van der Waals surface area contributed by atoms with E-state index in [0.717, 1.165) is 31.5 Å². The smallest absolute Gasteiger partial charge is 0.241 e. The lowest BCUT2D eigenvalue weighted by Gasteiger charge is -2.21. The van der Waals surface area contributed by atoms with Gasteiger partial charge < -0.3 is 4.90 Å². The minimum absolute atomic E-state index is 0.154. The zero-order valence-corrected chi connectivity index (χ0v) is 12.6. The standard InChI is InChI=1S/C14H20N2O3S/c1-11-6-5-7-13(10-11)20(18,19)15-12(2)14(17)16-8-3-4-9-16/h5-7,10,12,15H,3-4,8-9H2,1-2H3. The summed E-state index contributed by atoms with van der Waals surface area (Å²) in [6.07, 6.45) is 1.98. The first kappa shape index (κ1) is 15.0. The van der Waals surface area contributed by atoms with E-state index >= 15 is 0 Å². The highest BCUT2D eigenvalue weighted by Crippen LogP contribution is 2.13. The number of hydrogen-bond acceptors (Lipinski definition) is 3. The van der Waals surface area contributed by atoms with E-state index in [2.05, 4.69) is 4.72 Å². The summed E-state index contributed by atoms with van der Waals surface area (Å²) >= 11 is 0. The lowest BCUT2D eigenvalue weighted by Crippen LogP contribution is -2.45. The molecule has 1 fully saturated rings. The number of likely N-dealkylation sites (tertiary alicyclic amines) is 1. The van der Waals surface area contributed by atoms with Crippen LogP contribution in [0.1, 0.15) is 25.3 Å². The molecule has 0 aliphatic carbocycles. The molecule has 1 amide bonds. The maximum absolute atomic E-state index is 12.2. The van der Waals surface area contributed by atoms with Crippen LogP contribution in [0.2, 0.25) is 0 Å². The second kappa shape index (κ2) is 5.93. The molecule has 5 nitrogen and oxygen atoms in total. The number of nitrogens with zero attached hydrogens (tertiary/aromatic N) is 1. The largest absolute Gasteiger partial charge is 0.341 e. The normalized spacial score (nSPS) is 17.2. The molecule has 1 saturated heterocycles. The highest BCUT2D eigenvalue weighted by atomic mass is 32.2. The summed E-state index contributed by atoms with van der Waals surface area (Å²) in [5.74, 6) is -0.154. The molecular weight excluding hydrogens is 276 g/mol. The van der Waals surface area contributed by atoms with Crippen molar-refractivity contribution in [1.82, 2.24) is 9.62 Å². The highest BCUT2D eigenvalue weighted by molar-refractivity contribution is 7.89. The summed E-state index contributed by atoms with van der Waals surface area (Å²) in [5, 5.41) is 0. The number of aryl methyl sites for hydroxylation is 1. The monoisotopic (exact) mass is 296 g/mol. The van der Waals surface area contributed by atoms with Crippen molar-refractivity contribution in [3.8, 4) is 0 Å². The van der Waals surface area contributed by atoms with Gasteiger partial charge in [-0.15, -0.1) is 0 Å². The van der Waals surface area contributed by atoms with Crippen molar-refractivity contribution in [3.05, 3.63) is 29.8 Å². The third-order valence-corrected chi connectivity index (χ3v) is 4.96. The van der Waals surface area contributed by atoms with Crippen LogP contribution in [0, 0.1) is 6.92 Å². The second-order valence-corrected chi connectivity index (χ2v) is 6.91. The summed E-state index contributed by atoms with van der Waals surface area (Å²) in [4.78, 5) is 14.0. The second-order valence-electron chi connectivity index (χ2n) is 5.19. The van der Waals surface area contributed by atoms with Crippen LogP contribution in [0.4, 0.5) is 0 Å². The number of carbonyl (C=O) groups excluding carboxylic acids is 1. The Bertz CT molecular complexity index is 592. The molecule has 2 rings (SSSR count). The summed E-state index contributed by atoms with van der Waals surface area (Å²) in [7, 11) is -3.65. The van der Waals surface area contributed by atoms with Crippen LogP contribution < -0.4 is 4.72 Å². The third-order valence-electron chi connectivity index (χ3n) is 3.42. The van der Waals surface area contributed by atoms with Crippen molar-refractivity contribution in [2.24, 2.45) is 0 Å². The van der Waals surface area contributed by atoms with Gasteiger partial charge in [-0.05, 0) is 44.4 Å². The summed E-state index contributed by atoms with van der Waals surface area (Å²) in [5.41, 5.74) is 0.867. The molecule has 0 spiro atoms. The van der Waals surface area contributed by atoms with E-state index < -0.39 is 16.1 Å². The molecule has 1 N–H and O–H groups in total. The molecule has 1 atom stereocenters. The lowest BCUT2D eigenvalue weighted by molar-refractivity contribution is -0.131. The number of nitrogens with one attached hydrogen (secondary N) is 1. The fraction of sp³-hybridized carbons (Fsp3) is 0.500. The molecule has 20 heavy (non-hydrogen) atoms. The maximum Gasteiger partial charge on any atom is 0.241 e. The Morgan fingerprint density at radius 2 is 1.95 bits per heavy atom. The van der Waals surface area contributed by atoms with Gasteiger partial charge in [-0.25, -0.2) is 8.42 Å². The van der Waals surface area contributed by atoms with Crippen LogP contribution in [-0.4, -0.2) is 38.4 Å². The topological polar surface area (TPSA) is 66.5 Å². The first-order valence-electron chi connectivity index (χ1n) is 6.78. The summed E-state index contributed by atoms with van der Waals surface area (Å²) < 4.78 is 26.9. The zero-order valence-electron chi connectivity index (χ0n) is 11.8. The average Bonchev–Trinajstić information content (AvgIpc) is 2.91. The van der Waals surface area contributed by atoms with Gasteiger partial charge in [-0.3, -0.25) is 4.79 Å². The van der Waals surface area contributed by atoms with Gasteiger partial charge in [0.15, 0.2) is 0 Å². The molecular formula is C14H20N2O3S. The first-order valence-corrected chi connectivity index (χ1v) is 8.26. The number of carbonyl (C=O) groups is 1. The molecule has 0 aromatic heterocycles. The molecule has 6 heteroatoms. The number of rotatable bonds is 4. The number of hydrogen-bond donors (Lipinski definition) is 1. The van der Waals surface area contributed by atoms with Gasteiger partial charge in [-0.1, -0.05) is 12.1 Å². The Morgan fingerprint density at radius 1 is 1.30 bits per heavy atom. The average molecular weight is 296 g/mol. The van der Waals surface area contributed by atoms with Gasteiger partial charge in [0.25, 0.3) is 0 Å². The fourth-order valence-corrected chi connectivity index (χ4v) is 3.65. The van der Waals surface area contributed by atoms with Crippen LogP contribution in [0.3, 0.4) is 0 Å². The van der Waals surface area contributed by atoms with Crippen LogP contribution in [-0.2, 0) is 14.8 Å². The van der Waals surface area contributed by atoms with Crippen LogP contribution >= 0.6 is 0 Å². The van der Waals surface area contributed by atoms with Crippen molar-refractivity contribution in [2.45, 2.75) is 37.6 Å². The predicted octanol–water partition coefficient (Wildman–Crippen LogP) is 1.28. The molecule has 1 aliphatic rings. The van der Waals surface area contributed by atoms with Gasteiger partial charge in [0.1, 0.15) is 0 Å². The van der Waals surface area contributed by atoms with E-state index in [4.69, 9.17) is 0 Å². The van der Waals surface area contributed by atoms with Crippen molar-refractivity contribution in [2.75, 3.05) is 13.1 Å². The van der Waals surface area contributed by atoms with E-state index in [1.165, 1.54) is 6.07 Å². The van der Waals surface area contributed by atoms with Crippen LogP contribution in [0.15, 0.2) is 29.2 Å². The van der Waals surface area contributed by atoms with E-state index in [-0.39, 0.29) is 10.8 Å². The van der Waals surface area contributed by atoms with Crippen molar-refractivity contribution in [1.29, 1.82) is 0 Å². The molecule has 1 aliphatic heterocycles. The molecule has 1 aromatic rings. The Labute approximate surface area is 120 Å². The molecule has 1 aromatic carbocycles. The molecule has 110 valence electrons. The zero-order chi connectivity index (χ0) is 14.8. The van der Waals surface area contributed by atoms with Gasteiger partial charge in [0.2, 0.25) is 15.9 Å². The summed E-state index contributed by atoms with van der Waals surface area (Å²) in [6.45, 7) is 4.86. The molecule has 1 heterocycles. The van der Waals surface area contributed by atoms with E-state index in [1.54, 1.807) is 24.0 Å². The van der Waals surface area contributed by atoms with E-state index in [0.29, 0.717) is 0 Å². The summed E-state index contributed by atoms with van der Waals surface area (Å²) in [6, 6.07) is 5.91. The number of sulfonamides is 1. The third kappa shape index (κ3) is 3.37. The maximum atomic E-state index is 12.2. The van der Waals surface area contributed by atoms with Gasteiger partial charge in [0.05, 0.1) is 10.9 Å². The van der Waals surface area contributed by atoms with Crippen molar-refractivity contribution < 1.29 is 13.2 Å². The van der Waals surface area contributed by atoms with Gasteiger partial charge in [0, 0.05) is 13.1 Å². The minimum Gasteiger partial charge on any atom is -0.341 e. The SMILES string of the molecule is Cc1cccc(S(=O)(=O)NC(C)C(=O)N2CCCC2)c1. The van der Waals surface area contributed by atoms with Crippen LogP contribution in [0.5, 0.6) is 0 Å². The first-order chi connectivity index (χ1) is 9.40. The highest BCUT2D eigenvalue weighted by Gasteiger charge is 2.27. The molecule has 0 bridgehead atoms. The van der Waals surface area contributed by atoms with Gasteiger partial charge >= 0.3 is 0 Å². The number of amides is 1.